The van der Waals surface area contributed by atoms with Crippen LogP contribution in [0.2, 0.25) is 4.47 Å². The van der Waals surface area contributed by atoms with Gasteiger partial charge in [0.15, 0.2) is 8.68 Å². The minimum atomic E-state index is -3.39. The predicted molar refractivity (Wildman–Crippen MR) is 66.5 cm³/mol. The first kappa shape index (κ1) is 13.9. The van der Waals surface area contributed by atoms with Crippen LogP contribution in [0, 0.1) is 0 Å². The molecule has 0 aromatic carbocycles. The van der Waals surface area contributed by atoms with Crippen LogP contribution in [-0.2, 0) is 10.0 Å². The number of nitrogens with zero attached hydrogens (tertiary/aromatic N) is 2. The lowest BCUT2D eigenvalue weighted by Gasteiger charge is -2.15. The molecule has 0 bridgehead atoms. The summed E-state index contributed by atoms with van der Waals surface area (Å²) in [5, 5.41) is 0. The fourth-order valence-corrected chi connectivity index (χ4v) is 3.93. The van der Waals surface area contributed by atoms with Crippen LogP contribution in [0.15, 0.2) is 10.4 Å². The van der Waals surface area contributed by atoms with Crippen molar-refractivity contribution in [2.75, 3.05) is 13.6 Å². The molecule has 92 valence electrons. The fraction of sp³-hybridized carbons (Fsp3) is 0.667. The lowest BCUT2D eigenvalue weighted by Crippen LogP contribution is -2.27. The van der Waals surface area contributed by atoms with Crippen LogP contribution in [0.1, 0.15) is 26.2 Å². The van der Waals surface area contributed by atoms with E-state index in [4.69, 9.17) is 11.6 Å². The van der Waals surface area contributed by atoms with Crippen LogP contribution in [0.4, 0.5) is 0 Å². The largest absolute Gasteiger partial charge is 0.253 e. The summed E-state index contributed by atoms with van der Waals surface area (Å²) in [5.74, 6) is 0. The first-order valence-electron chi connectivity index (χ1n) is 5.06. The van der Waals surface area contributed by atoms with Crippen LogP contribution in [0.3, 0.4) is 0 Å². The third-order valence-corrected chi connectivity index (χ3v) is 5.61. The predicted octanol–water partition coefficient (Wildman–Crippen LogP) is 2.61. The molecule has 4 nitrogen and oxygen atoms in total. The van der Waals surface area contributed by atoms with Gasteiger partial charge in [0.05, 0.1) is 6.20 Å². The minimum absolute atomic E-state index is 0.205. The SMILES string of the molecule is CCCCCN(C)S(=O)(=O)c1cnc(Cl)s1. The van der Waals surface area contributed by atoms with Crippen molar-refractivity contribution in [3.63, 3.8) is 0 Å². The van der Waals surface area contributed by atoms with E-state index >= 15 is 0 Å². The summed E-state index contributed by atoms with van der Waals surface area (Å²) in [6, 6.07) is 0. The Morgan fingerprint density at radius 2 is 2.19 bits per heavy atom. The van der Waals surface area contributed by atoms with Crippen molar-refractivity contribution in [1.82, 2.24) is 9.29 Å². The molecular formula is C9H15ClN2O2S2. The molecule has 1 aromatic rings. The second-order valence-electron chi connectivity index (χ2n) is 3.47. The van der Waals surface area contributed by atoms with Gasteiger partial charge < -0.3 is 0 Å². The molecule has 16 heavy (non-hydrogen) atoms. The van der Waals surface area contributed by atoms with Gasteiger partial charge in [-0.1, -0.05) is 42.7 Å². The summed E-state index contributed by atoms with van der Waals surface area (Å²) >= 11 is 6.61. The second-order valence-corrected chi connectivity index (χ2v) is 7.35. The maximum Gasteiger partial charge on any atom is 0.253 e. The first-order chi connectivity index (χ1) is 7.48. The summed E-state index contributed by atoms with van der Waals surface area (Å²) in [6.45, 7) is 2.61. The number of halogens is 1. The molecule has 0 saturated heterocycles. The smallest absolute Gasteiger partial charge is 0.232 e. The van der Waals surface area contributed by atoms with E-state index < -0.39 is 10.0 Å². The number of thiazole rings is 1. The van der Waals surface area contributed by atoms with Gasteiger partial charge in [0, 0.05) is 13.6 Å². The molecule has 7 heteroatoms. The van der Waals surface area contributed by atoms with Crippen molar-refractivity contribution < 1.29 is 8.42 Å². The molecular weight excluding hydrogens is 268 g/mol. The van der Waals surface area contributed by atoms with Crippen molar-refractivity contribution in [3.05, 3.63) is 10.7 Å². The van der Waals surface area contributed by atoms with Crippen molar-refractivity contribution in [1.29, 1.82) is 0 Å². The third-order valence-electron chi connectivity index (χ3n) is 2.20. The molecule has 0 atom stereocenters. The fourth-order valence-electron chi connectivity index (χ4n) is 1.22. The van der Waals surface area contributed by atoms with Gasteiger partial charge in [-0.05, 0) is 6.42 Å². The molecule has 1 rings (SSSR count). The van der Waals surface area contributed by atoms with E-state index in [-0.39, 0.29) is 8.68 Å². The normalized spacial score (nSPS) is 12.2. The van der Waals surface area contributed by atoms with Gasteiger partial charge in [0.2, 0.25) is 0 Å². The molecule has 0 aliphatic heterocycles. The standard InChI is InChI=1S/C9H15ClN2O2S2/c1-3-4-5-6-12(2)16(13,14)8-7-11-9(10)15-8/h7H,3-6H2,1-2H3. The van der Waals surface area contributed by atoms with E-state index in [0.29, 0.717) is 6.54 Å². The van der Waals surface area contributed by atoms with Crippen LogP contribution < -0.4 is 0 Å². The van der Waals surface area contributed by atoms with Crippen LogP contribution in [0.5, 0.6) is 0 Å². The van der Waals surface area contributed by atoms with E-state index in [0.717, 1.165) is 30.6 Å². The molecule has 0 aliphatic carbocycles. The molecule has 0 amide bonds. The van der Waals surface area contributed by atoms with Crippen molar-refractivity contribution in [2.45, 2.75) is 30.4 Å². The molecule has 0 spiro atoms. The van der Waals surface area contributed by atoms with E-state index in [1.165, 1.54) is 10.5 Å². The second kappa shape index (κ2) is 5.95. The first-order valence-corrected chi connectivity index (χ1v) is 7.69. The average Bonchev–Trinajstić information content (AvgIpc) is 2.65. The van der Waals surface area contributed by atoms with E-state index in [2.05, 4.69) is 11.9 Å². The highest BCUT2D eigenvalue weighted by molar-refractivity contribution is 7.91. The maximum atomic E-state index is 12.0. The van der Waals surface area contributed by atoms with Crippen LogP contribution in [-0.4, -0.2) is 31.3 Å². The number of sulfonamides is 1. The summed E-state index contributed by atoms with van der Waals surface area (Å²) < 4.78 is 25.8. The maximum absolute atomic E-state index is 12.0. The molecule has 0 aliphatic rings. The Bertz CT molecular complexity index is 430. The molecule has 0 N–H and O–H groups in total. The van der Waals surface area contributed by atoms with Gasteiger partial charge >= 0.3 is 0 Å². The molecule has 0 radical (unpaired) electrons. The average molecular weight is 283 g/mol. The Hall–Kier alpha value is -0.170. The van der Waals surface area contributed by atoms with Gasteiger partial charge in [-0.25, -0.2) is 17.7 Å². The molecule has 0 saturated carbocycles. The monoisotopic (exact) mass is 282 g/mol. The lowest BCUT2D eigenvalue weighted by atomic mass is 10.2. The van der Waals surface area contributed by atoms with Gasteiger partial charge in [0.25, 0.3) is 10.0 Å². The summed E-state index contributed by atoms with van der Waals surface area (Å²) in [5.41, 5.74) is 0. The van der Waals surface area contributed by atoms with Crippen LogP contribution >= 0.6 is 22.9 Å². The molecule has 0 unspecified atom stereocenters. The topological polar surface area (TPSA) is 50.3 Å². The van der Waals surface area contributed by atoms with Crippen molar-refractivity contribution in [2.24, 2.45) is 0 Å². The zero-order valence-corrected chi connectivity index (χ0v) is 11.7. The number of aromatic nitrogens is 1. The molecule has 1 heterocycles. The third kappa shape index (κ3) is 3.41. The number of rotatable bonds is 6. The summed E-state index contributed by atoms with van der Waals surface area (Å²) in [6.07, 6.45) is 4.28. The quantitative estimate of drug-likeness (QED) is 0.754. The highest BCUT2D eigenvalue weighted by Gasteiger charge is 2.22. The zero-order chi connectivity index (χ0) is 12.2. The van der Waals surface area contributed by atoms with E-state index in [1.54, 1.807) is 7.05 Å². The van der Waals surface area contributed by atoms with E-state index in [1.807, 2.05) is 0 Å². The van der Waals surface area contributed by atoms with Gasteiger partial charge in [0.1, 0.15) is 0 Å². The Labute approximate surface area is 105 Å². The number of hydrogen-bond donors (Lipinski definition) is 0. The zero-order valence-electron chi connectivity index (χ0n) is 9.31. The Kier molecular flexibility index (Phi) is 5.17. The number of hydrogen-bond acceptors (Lipinski definition) is 4. The minimum Gasteiger partial charge on any atom is -0.232 e. The Morgan fingerprint density at radius 3 is 2.69 bits per heavy atom. The van der Waals surface area contributed by atoms with Gasteiger partial charge in [-0.3, -0.25) is 0 Å². The highest BCUT2D eigenvalue weighted by Crippen LogP contribution is 2.24. The Morgan fingerprint density at radius 1 is 1.50 bits per heavy atom. The molecule has 0 fully saturated rings. The number of unbranched alkanes of at least 4 members (excludes halogenated alkanes) is 2. The summed E-state index contributed by atoms with van der Waals surface area (Å²) in [7, 11) is -1.81. The van der Waals surface area contributed by atoms with Crippen molar-refractivity contribution in [3.8, 4) is 0 Å². The lowest BCUT2D eigenvalue weighted by molar-refractivity contribution is 0.455. The highest BCUT2D eigenvalue weighted by atomic mass is 35.5. The van der Waals surface area contributed by atoms with Gasteiger partial charge in [-0.2, -0.15) is 0 Å². The Balaban J connectivity index is 2.70. The van der Waals surface area contributed by atoms with Crippen molar-refractivity contribution >= 4 is 33.0 Å². The summed E-state index contributed by atoms with van der Waals surface area (Å²) in [4.78, 5) is 3.74. The molecule has 1 aromatic heterocycles. The van der Waals surface area contributed by atoms with Crippen LogP contribution in [0.25, 0.3) is 0 Å². The van der Waals surface area contributed by atoms with E-state index in [9.17, 15) is 8.42 Å². The van der Waals surface area contributed by atoms with Gasteiger partial charge in [-0.15, -0.1) is 0 Å².